The van der Waals surface area contributed by atoms with Crippen molar-refractivity contribution in [3.8, 4) is 29.0 Å². The molecular weight excluding hydrogens is 346 g/mol. The van der Waals surface area contributed by atoms with Crippen LogP contribution in [0.1, 0.15) is 11.1 Å². The number of pyridine rings is 1. The smallest absolute Gasteiger partial charge is 0.268 e. The molecule has 3 rings (SSSR count). The van der Waals surface area contributed by atoms with Crippen LogP contribution in [0.3, 0.4) is 0 Å². The average molecular weight is 365 g/mol. The molecule has 0 radical (unpaired) electrons. The first-order chi connectivity index (χ1) is 13.1. The molecule has 0 aliphatic carbocycles. The molecule has 0 spiro atoms. The van der Waals surface area contributed by atoms with Crippen molar-refractivity contribution in [2.75, 3.05) is 45.2 Å². The lowest BCUT2D eigenvalue weighted by Gasteiger charge is -2.26. The quantitative estimate of drug-likeness (QED) is 0.811. The zero-order chi connectivity index (χ0) is 19.2. The monoisotopic (exact) mass is 365 g/mol. The molecule has 3 N–H and O–H groups in total. The van der Waals surface area contributed by atoms with Crippen molar-refractivity contribution in [1.29, 1.82) is 10.5 Å². The Hall–Kier alpha value is -3.33. The molecule has 0 atom stereocenters. The molecule has 138 valence electrons. The van der Waals surface area contributed by atoms with Gasteiger partial charge in [0, 0.05) is 25.2 Å². The Balaban J connectivity index is 1.85. The molecule has 1 aliphatic heterocycles. The molecule has 2 heterocycles. The van der Waals surface area contributed by atoms with E-state index in [4.69, 9.17) is 15.2 Å². The van der Waals surface area contributed by atoms with E-state index >= 15 is 0 Å². The number of aromatic amines is 1. The second-order valence-corrected chi connectivity index (χ2v) is 6.05. The lowest BCUT2D eigenvalue weighted by Crippen LogP contribution is -2.38. The van der Waals surface area contributed by atoms with Crippen LogP contribution in [-0.2, 0) is 4.74 Å². The molecule has 0 unspecified atom stereocenters. The molecule has 1 aromatic carbocycles. The van der Waals surface area contributed by atoms with Gasteiger partial charge in [-0.05, 0) is 17.7 Å². The van der Waals surface area contributed by atoms with Crippen LogP contribution in [0, 0.1) is 22.7 Å². The van der Waals surface area contributed by atoms with Gasteiger partial charge in [-0.1, -0.05) is 12.1 Å². The van der Waals surface area contributed by atoms with Gasteiger partial charge in [-0.25, -0.2) is 0 Å². The summed E-state index contributed by atoms with van der Waals surface area (Å²) in [6, 6.07) is 10.8. The van der Waals surface area contributed by atoms with Crippen molar-refractivity contribution in [1.82, 2.24) is 9.88 Å². The van der Waals surface area contributed by atoms with Crippen LogP contribution in [0.15, 0.2) is 29.1 Å². The number of nitrogens with zero attached hydrogens (tertiary/aromatic N) is 3. The van der Waals surface area contributed by atoms with Crippen LogP contribution < -0.4 is 16.0 Å². The largest absolute Gasteiger partial charge is 0.492 e. The molecule has 1 aromatic heterocycles. The standard InChI is InChI=1S/C19H19N5O3/c20-11-15-17(16(12-21)19(25)23-18(15)22)13-2-1-3-14(10-13)27-9-6-24-4-7-26-8-5-24/h1-3,10H,4-9H2,(H3,22,23,25). The van der Waals surface area contributed by atoms with Crippen LogP contribution in [0.4, 0.5) is 5.82 Å². The lowest BCUT2D eigenvalue weighted by atomic mass is 9.96. The molecule has 8 nitrogen and oxygen atoms in total. The highest BCUT2D eigenvalue weighted by molar-refractivity contribution is 5.80. The van der Waals surface area contributed by atoms with Gasteiger partial charge >= 0.3 is 0 Å². The SMILES string of the molecule is N#Cc1c(N)[nH]c(=O)c(C#N)c1-c1cccc(OCCN2CCOCC2)c1. The maximum atomic E-state index is 12.1. The normalized spacial score (nSPS) is 14.3. The third kappa shape index (κ3) is 4.09. The summed E-state index contributed by atoms with van der Waals surface area (Å²) in [6.45, 7) is 4.50. The minimum absolute atomic E-state index is 0.0601. The number of aromatic nitrogens is 1. The number of nitrogen functional groups attached to an aromatic ring is 1. The Kier molecular flexibility index (Phi) is 5.72. The maximum absolute atomic E-state index is 12.1. The van der Waals surface area contributed by atoms with E-state index in [1.807, 2.05) is 12.1 Å². The Labute approximate surface area is 156 Å². The Morgan fingerprint density at radius 1 is 1.22 bits per heavy atom. The van der Waals surface area contributed by atoms with Crippen molar-refractivity contribution in [3.63, 3.8) is 0 Å². The van der Waals surface area contributed by atoms with Crippen molar-refractivity contribution < 1.29 is 9.47 Å². The van der Waals surface area contributed by atoms with Gasteiger partial charge < -0.3 is 20.2 Å². The van der Waals surface area contributed by atoms with Gasteiger partial charge in [-0.2, -0.15) is 10.5 Å². The summed E-state index contributed by atoms with van der Waals surface area (Å²) in [4.78, 5) is 16.6. The maximum Gasteiger partial charge on any atom is 0.268 e. The van der Waals surface area contributed by atoms with E-state index in [2.05, 4.69) is 9.88 Å². The highest BCUT2D eigenvalue weighted by atomic mass is 16.5. The number of nitriles is 2. The molecule has 27 heavy (non-hydrogen) atoms. The fourth-order valence-corrected chi connectivity index (χ4v) is 2.99. The molecule has 1 saturated heterocycles. The van der Waals surface area contributed by atoms with Crippen LogP contribution >= 0.6 is 0 Å². The number of anilines is 1. The van der Waals surface area contributed by atoms with Crippen molar-refractivity contribution in [2.24, 2.45) is 0 Å². The number of nitrogens with two attached hydrogens (primary N) is 1. The van der Waals surface area contributed by atoms with Gasteiger partial charge in [-0.15, -0.1) is 0 Å². The minimum Gasteiger partial charge on any atom is -0.492 e. The van der Waals surface area contributed by atoms with Gasteiger partial charge in [0.15, 0.2) is 0 Å². The zero-order valence-corrected chi connectivity index (χ0v) is 14.7. The summed E-state index contributed by atoms with van der Waals surface area (Å²) in [7, 11) is 0. The number of rotatable bonds is 5. The first-order valence-corrected chi connectivity index (χ1v) is 8.53. The highest BCUT2D eigenvalue weighted by Crippen LogP contribution is 2.30. The fraction of sp³-hybridized carbons (Fsp3) is 0.316. The predicted molar refractivity (Wildman–Crippen MR) is 99.1 cm³/mol. The first-order valence-electron chi connectivity index (χ1n) is 8.53. The number of hydrogen-bond acceptors (Lipinski definition) is 7. The van der Waals surface area contributed by atoms with Gasteiger partial charge in [0.05, 0.1) is 13.2 Å². The van der Waals surface area contributed by atoms with E-state index in [9.17, 15) is 15.3 Å². The van der Waals surface area contributed by atoms with Gasteiger partial charge in [0.25, 0.3) is 5.56 Å². The Bertz CT molecular complexity index is 965. The number of hydrogen-bond donors (Lipinski definition) is 2. The number of nitrogens with one attached hydrogen (secondary N) is 1. The average Bonchev–Trinajstić information content (AvgIpc) is 2.68. The van der Waals surface area contributed by atoms with Crippen LogP contribution in [0.2, 0.25) is 0 Å². The summed E-state index contributed by atoms with van der Waals surface area (Å²) >= 11 is 0. The molecule has 0 amide bonds. The summed E-state index contributed by atoms with van der Waals surface area (Å²) in [5, 5.41) is 18.8. The summed E-state index contributed by atoms with van der Waals surface area (Å²) in [6.07, 6.45) is 0. The molecule has 0 bridgehead atoms. The number of benzene rings is 1. The summed E-state index contributed by atoms with van der Waals surface area (Å²) in [5.41, 5.74) is 5.81. The van der Waals surface area contributed by atoms with Crippen molar-refractivity contribution in [3.05, 3.63) is 45.7 Å². The van der Waals surface area contributed by atoms with Crippen molar-refractivity contribution in [2.45, 2.75) is 0 Å². The molecule has 8 heteroatoms. The minimum atomic E-state index is -0.623. The number of ether oxygens (including phenoxy) is 2. The van der Waals surface area contributed by atoms with E-state index < -0.39 is 5.56 Å². The van der Waals surface area contributed by atoms with Gasteiger partial charge in [0.1, 0.15) is 41.4 Å². The summed E-state index contributed by atoms with van der Waals surface area (Å²) in [5.74, 6) is 0.530. The first kappa shape index (κ1) is 18.5. The second-order valence-electron chi connectivity index (χ2n) is 6.05. The van der Waals surface area contributed by atoms with Crippen molar-refractivity contribution >= 4 is 5.82 Å². The Morgan fingerprint density at radius 3 is 2.67 bits per heavy atom. The van der Waals surface area contributed by atoms with E-state index in [1.54, 1.807) is 24.3 Å². The van der Waals surface area contributed by atoms with Crippen LogP contribution in [0.25, 0.3) is 11.1 Å². The molecular formula is C19H19N5O3. The molecule has 2 aromatic rings. The third-order valence-electron chi connectivity index (χ3n) is 4.37. The predicted octanol–water partition coefficient (Wildman–Crippen LogP) is 1.08. The zero-order valence-electron chi connectivity index (χ0n) is 14.7. The molecule has 1 fully saturated rings. The van der Waals surface area contributed by atoms with Gasteiger partial charge in [0.2, 0.25) is 0 Å². The summed E-state index contributed by atoms with van der Waals surface area (Å²) < 4.78 is 11.1. The third-order valence-corrected chi connectivity index (χ3v) is 4.37. The topological polar surface area (TPSA) is 128 Å². The highest BCUT2D eigenvalue weighted by Gasteiger charge is 2.18. The molecule has 1 aliphatic rings. The van der Waals surface area contributed by atoms with E-state index in [0.717, 1.165) is 32.8 Å². The number of morpholine rings is 1. The lowest BCUT2D eigenvalue weighted by molar-refractivity contribution is 0.0322. The fourth-order valence-electron chi connectivity index (χ4n) is 2.99. The second kappa shape index (κ2) is 8.37. The van der Waals surface area contributed by atoms with Crippen LogP contribution in [-0.4, -0.2) is 49.3 Å². The number of H-pyrrole nitrogens is 1. The van der Waals surface area contributed by atoms with Crippen LogP contribution in [0.5, 0.6) is 5.75 Å². The van der Waals surface area contributed by atoms with E-state index in [0.29, 0.717) is 17.9 Å². The molecule has 0 saturated carbocycles. The Morgan fingerprint density at radius 2 is 1.96 bits per heavy atom. The van der Waals surface area contributed by atoms with E-state index in [1.165, 1.54) is 0 Å². The van der Waals surface area contributed by atoms with Gasteiger partial charge in [-0.3, -0.25) is 9.69 Å². The van der Waals surface area contributed by atoms with E-state index in [-0.39, 0.29) is 22.5 Å².